The minimum atomic E-state index is -0.285. The Morgan fingerprint density at radius 2 is 2.27 bits per heavy atom. The summed E-state index contributed by atoms with van der Waals surface area (Å²) in [7, 11) is 1.41. The Morgan fingerprint density at radius 1 is 1.53 bits per heavy atom. The second-order valence-electron chi connectivity index (χ2n) is 3.58. The Labute approximate surface area is 89.7 Å². The zero-order valence-electron chi connectivity index (χ0n) is 8.93. The van der Waals surface area contributed by atoms with E-state index in [0.29, 0.717) is 12.5 Å². The van der Waals surface area contributed by atoms with Crippen LogP contribution in [-0.4, -0.2) is 19.7 Å². The van der Waals surface area contributed by atoms with Gasteiger partial charge in [-0.1, -0.05) is 25.1 Å². The highest BCUT2D eigenvalue weighted by atomic mass is 16.5. The largest absolute Gasteiger partial charge is 0.452 e. The molecule has 1 heterocycles. The lowest BCUT2D eigenvalue weighted by Gasteiger charge is -2.15. The molecule has 0 fully saturated rings. The van der Waals surface area contributed by atoms with Gasteiger partial charge < -0.3 is 4.74 Å². The average Bonchev–Trinajstić information content (AvgIpc) is 2.67. The molecule has 1 aliphatic rings. The van der Waals surface area contributed by atoms with Crippen LogP contribution in [0.1, 0.15) is 18.4 Å². The van der Waals surface area contributed by atoms with Gasteiger partial charge in [-0.3, -0.25) is 4.90 Å². The Hall–Kier alpha value is -1.51. The van der Waals surface area contributed by atoms with Crippen LogP contribution in [0.3, 0.4) is 0 Å². The van der Waals surface area contributed by atoms with Gasteiger partial charge in [0.15, 0.2) is 0 Å². The quantitative estimate of drug-likeness (QED) is 0.703. The van der Waals surface area contributed by atoms with E-state index < -0.39 is 0 Å². The number of fused-ring (bicyclic) bond motifs is 1. The summed E-state index contributed by atoms with van der Waals surface area (Å²) in [5, 5.41) is 0. The molecule has 0 spiro atoms. The number of hydrogen-bond acceptors (Lipinski definition) is 2. The van der Waals surface area contributed by atoms with Crippen LogP contribution < -0.4 is 4.90 Å². The standard InChI is InChI=1S/C12H14NO2/c1-3-9-8-13(12(14)15-2)11-7-5-4-6-10(9)11/h3-7,9H,8H2,1-2H3. The van der Waals surface area contributed by atoms with Gasteiger partial charge in [0.2, 0.25) is 0 Å². The molecule has 1 radical (unpaired) electrons. The van der Waals surface area contributed by atoms with Gasteiger partial charge in [0, 0.05) is 12.5 Å². The van der Waals surface area contributed by atoms with Crippen molar-refractivity contribution in [1.29, 1.82) is 0 Å². The van der Waals surface area contributed by atoms with Crippen LogP contribution in [0.25, 0.3) is 0 Å². The third-order valence-corrected chi connectivity index (χ3v) is 2.80. The molecule has 0 aromatic heterocycles. The first-order valence-corrected chi connectivity index (χ1v) is 5.01. The molecule has 79 valence electrons. The van der Waals surface area contributed by atoms with E-state index in [1.807, 2.05) is 25.1 Å². The molecule has 1 aromatic carbocycles. The van der Waals surface area contributed by atoms with E-state index in [-0.39, 0.29) is 6.09 Å². The summed E-state index contributed by atoms with van der Waals surface area (Å²) in [5.41, 5.74) is 2.16. The third-order valence-electron chi connectivity index (χ3n) is 2.80. The fourth-order valence-electron chi connectivity index (χ4n) is 2.01. The van der Waals surface area contributed by atoms with E-state index in [4.69, 9.17) is 4.74 Å². The maximum Gasteiger partial charge on any atom is 0.414 e. The number of amides is 1. The van der Waals surface area contributed by atoms with Gasteiger partial charge in [-0.25, -0.2) is 4.79 Å². The number of para-hydroxylation sites is 1. The second kappa shape index (κ2) is 3.93. The Bertz CT molecular complexity index is 376. The number of nitrogens with zero attached hydrogens (tertiary/aromatic N) is 1. The number of hydrogen-bond donors (Lipinski definition) is 0. The summed E-state index contributed by atoms with van der Waals surface area (Å²) < 4.78 is 4.76. The topological polar surface area (TPSA) is 29.5 Å². The molecular formula is C12H14NO2. The molecule has 3 heteroatoms. The number of carbonyl (C=O) groups excluding carboxylic acids is 1. The van der Waals surface area contributed by atoms with Crippen LogP contribution >= 0.6 is 0 Å². The Balaban J connectivity index is 2.37. The summed E-state index contributed by atoms with van der Waals surface area (Å²) in [6, 6.07) is 7.95. The van der Waals surface area contributed by atoms with Crippen molar-refractivity contribution in [3.8, 4) is 0 Å². The zero-order chi connectivity index (χ0) is 10.8. The molecule has 0 aliphatic carbocycles. The van der Waals surface area contributed by atoms with E-state index >= 15 is 0 Å². The van der Waals surface area contributed by atoms with Crippen LogP contribution in [0, 0.1) is 6.42 Å². The maximum atomic E-state index is 11.5. The predicted octanol–water partition coefficient (Wildman–Crippen LogP) is 2.58. The van der Waals surface area contributed by atoms with Crippen molar-refractivity contribution in [3.63, 3.8) is 0 Å². The number of ether oxygens (including phenoxy) is 1. The van der Waals surface area contributed by atoms with Crippen molar-refractivity contribution in [3.05, 3.63) is 36.2 Å². The van der Waals surface area contributed by atoms with Crippen LogP contribution in [0.5, 0.6) is 0 Å². The summed E-state index contributed by atoms with van der Waals surface area (Å²) in [4.78, 5) is 13.2. The van der Waals surface area contributed by atoms with Crippen LogP contribution in [0.4, 0.5) is 10.5 Å². The molecule has 0 saturated heterocycles. The lowest BCUT2D eigenvalue weighted by molar-refractivity contribution is 0.179. The summed E-state index contributed by atoms with van der Waals surface area (Å²) in [6.07, 6.45) is 1.83. The smallest absolute Gasteiger partial charge is 0.414 e. The average molecular weight is 204 g/mol. The van der Waals surface area contributed by atoms with Crippen molar-refractivity contribution in [2.45, 2.75) is 12.8 Å². The van der Waals surface area contributed by atoms with Gasteiger partial charge in [0.1, 0.15) is 0 Å². The van der Waals surface area contributed by atoms with Gasteiger partial charge in [-0.15, -0.1) is 0 Å². The van der Waals surface area contributed by atoms with Crippen LogP contribution in [0.15, 0.2) is 24.3 Å². The zero-order valence-corrected chi connectivity index (χ0v) is 8.93. The summed E-state index contributed by atoms with van der Waals surface area (Å²) >= 11 is 0. The van der Waals surface area contributed by atoms with Crippen molar-refractivity contribution in [2.75, 3.05) is 18.6 Å². The predicted molar refractivity (Wildman–Crippen MR) is 58.9 cm³/mol. The first-order chi connectivity index (χ1) is 7.27. The van der Waals surface area contributed by atoms with Crippen molar-refractivity contribution >= 4 is 11.8 Å². The molecule has 1 amide bonds. The molecule has 1 atom stereocenters. The first kappa shape index (κ1) is 10.0. The van der Waals surface area contributed by atoms with Crippen LogP contribution in [0.2, 0.25) is 0 Å². The van der Waals surface area contributed by atoms with Crippen molar-refractivity contribution < 1.29 is 9.53 Å². The van der Waals surface area contributed by atoms with E-state index in [1.165, 1.54) is 12.7 Å². The minimum Gasteiger partial charge on any atom is -0.452 e. The van der Waals surface area contributed by atoms with Gasteiger partial charge in [0.05, 0.1) is 12.8 Å². The molecule has 1 unspecified atom stereocenters. The van der Waals surface area contributed by atoms with Crippen molar-refractivity contribution in [1.82, 2.24) is 0 Å². The molecule has 0 bridgehead atoms. The van der Waals surface area contributed by atoms with Gasteiger partial charge in [-0.05, 0) is 18.1 Å². The number of carbonyl (C=O) groups is 1. The van der Waals surface area contributed by atoms with Gasteiger partial charge in [0.25, 0.3) is 0 Å². The van der Waals surface area contributed by atoms with Crippen molar-refractivity contribution in [2.24, 2.45) is 0 Å². The lowest BCUT2D eigenvalue weighted by Crippen LogP contribution is -2.29. The molecule has 3 nitrogen and oxygen atoms in total. The molecule has 1 aromatic rings. The van der Waals surface area contributed by atoms with Gasteiger partial charge >= 0.3 is 6.09 Å². The number of rotatable bonds is 1. The lowest BCUT2D eigenvalue weighted by atomic mass is 9.99. The highest BCUT2D eigenvalue weighted by molar-refractivity contribution is 5.90. The maximum absolute atomic E-state index is 11.5. The Kier molecular flexibility index (Phi) is 2.62. The molecule has 15 heavy (non-hydrogen) atoms. The molecule has 0 N–H and O–H groups in total. The highest BCUT2D eigenvalue weighted by Crippen LogP contribution is 2.37. The number of benzene rings is 1. The normalized spacial score (nSPS) is 18.8. The van der Waals surface area contributed by atoms with E-state index in [1.54, 1.807) is 4.90 Å². The summed E-state index contributed by atoms with van der Waals surface area (Å²) in [6.45, 7) is 2.70. The van der Waals surface area contributed by atoms with Gasteiger partial charge in [-0.2, -0.15) is 0 Å². The molecular weight excluding hydrogens is 190 g/mol. The Morgan fingerprint density at radius 3 is 2.93 bits per heavy atom. The number of methoxy groups -OCH3 is 1. The fourth-order valence-corrected chi connectivity index (χ4v) is 2.01. The van der Waals surface area contributed by atoms with E-state index in [2.05, 4.69) is 12.5 Å². The minimum absolute atomic E-state index is 0.285. The number of anilines is 1. The molecule has 2 rings (SSSR count). The second-order valence-corrected chi connectivity index (χ2v) is 3.58. The SMILES string of the molecule is C[CH]C1CN(C(=O)OC)c2ccccc21. The molecule has 0 saturated carbocycles. The van der Waals surface area contributed by atoms with Crippen LogP contribution in [-0.2, 0) is 4.74 Å². The first-order valence-electron chi connectivity index (χ1n) is 5.01. The van der Waals surface area contributed by atoms with E-state index in [9.17, 15) is 4.79 Å². The molecule has 1 aliphatic heterocycles. The monoisotopic (exact) mass is 204 g/mol. The fraction of sp³-hybridized carbons (Fsp3) is 0.333. The van der Waals surface area contributed by atoms with E-state index in [0.717, 1.165) is 5.69 Å². The third kappa shape index (κ3) is 1.58. The highest BCUT2D eigenvalue weighted by Gasteiger charge is 2.31. The summed E-state index contributed by atoms with van der Waals surface area (Å²) in [5.74, 6) is 0.320.